The van der Waals surface area contributed by atoms with Crippen LogP contribution in [0.15, 0.2) is 30.6 Å². The van der Waals surface area contributed by atoms with Crippen LogP contribution in [0.3, 0.4) is 0 Å². The average molecular weight is 176 g/mol. The quantitative estimate of drug-likeness (QED) is 0.757. The van der Waals surface area contributed by atoms with Crippen LogP contribution in [-0.4, -0.2) is 14.5 Å². The first kappa shape index (κ1) is 8.26. The molecule has 0 aliphatic carbocycles. The molecule has 2 heterocycles. The van der Waals surface area contributed by atoms with Crippen molar-refractivity contribution in [1.82, 2.24) is 9.38 Å². The highest BCUT2D eigenvalue weighted by Gasteiger charge is 2.09. The molecule has 0 amide bonds. The van der Waals surface area contributed by atoms with Crippen LogP contribution in [0.2, 0.25) is 0 Å². The molecule has 0 saturated heterocycles. The SMILES string of the molecule is CCC(O)c1cnc2ccccn12. The molecule has 3 heteroatoms. The van der Waals surface area contributed by atoms with Crippen molar-refractivity contribution in [3.8, 4) is 0 Å². The smallest absolute Gasteiger partial charge is 0.136 e. The predicted molar refractivity (Wildman–Crippen MR) is 50.4 cm³/mol. The monoisotopic (exact) mass is 176 g/mol. The van der Waals surface area contributed by atoms with Crippen LogP contribution >= 0.6 is 0 Å². The molecule has 3 nitrogen and oxygen atoms in total. The van der Waals surface area contributed by atoms with Gasteiger partial charge in [-0.2, -0.15) is 0 Å². The van der Waals surface area contributed by atoms with Crippen molar-refractivity contribution < 1.29 is 5.11 Å². The second-order valence-corrected chi connectivity index (χ2v) is 3.04. The molecular formula is C10H12N2O. The van der Waals surface area contributed by atoms with Crippen LogP contribution in [-0.2, 0) is 0 Å². The molecule has 0 aromatic carbocycles. The summed E-state index contributed by atoms with van der Waals surface area (Å²) in [5.74, 6) is 0. The summed E-state index contributed by atoms with van der Waals surface area (Å²) in [6.45, 7) is 1.95. The highest BCUT2D eigenvalue weighted by atomic mass is 16.3. The van der Waals surface area contributed by atoms with Gasteiger partial charge in [0, 0.05) is 6.20 Å². The van der Waals surface area contributed by atoms with Gasteiger partial charge in [-0.25, -0.2) is 4.98 Å². The van der Waals surface area contributed by atoms with Crippen LogP contribution < -0.4 is 0 Å². The Hall–Kier alpha value is -1.35. The average Bonchev–Trinajstić information content (AvgIpc) is 2.60. The fourth-order valence-electron chi connectivity index (χ4n) is 1.41. The van der Waals surface area contributed by atoms with Gasteiger partial charge in [-0.05, 0) is 18.6 Å². The minimum absolute atomic E-state index is 0.419. The Balaban J connectivity index is 2.57. The number of hydrogen-bond donors (Lipinski definition) is 1. The van der Waals surface area contributed by atoms with Crippen LogP contribution in [0.25, 0.3) is 5.65 Å². The molecule has 0 radical (unpaired) electrons. The van der Waals surface area contributed by atoms with E-state index in [0.717, 1.165) is 11.3 Å². The topological polar surface area (TPSA) is 37.5 Å². The van der Waals surface area contributed by atoms with Gasteiger partial charge >= 0.3 is 0 Å². The molecule has 13 heavy (non-hydrogen) atoms. The fraction of sp³-hybridized carbons (Fsp3) is 0.300. The number of imidazole rings is 1. The molecule has 0 fully saturated rings. The molecule has 0 spiro atoms. The van der Waals surface area contributed by atoms with Gasteiger partial charge in [0.15, 0.2) is 0 Å². The number of aromatic nitrogens is 2. The van der Waals surface area contributed by atoms with E-state index in [0.29, 0.717) is 6.42 Å². The molecule has 1 N–H and O–H groups in total. The zero-order valence-electron chi connectivity index (χ0n) is 7.51. The van der Waals surface area contributed by atoms with Crippen LogP contribution in [0.4, 0.5) is 0 Å². The molecule has 2 aromatic rings. The van der Waals surface area contributed by atoms with Gasteiger partial charge < -0.3 is 9.51 Å². The maximum atomic E-state index is 9.66. The number of aliphatic hydroxyl groups is 1. The molecular weight excluding hydrogens is 164 g/mol. The zero-order chi connectivity index (χ0) is 9.26. The summed E-state index contributed by atoms with van der Waals surface area (Å²) in [4.78, 5) is 4.19. The molecule has 68 valence electrons. The Morgan fingerprint density at radius 3 is 3.15 bits per heavy atom. The Kier molecular flexibility index (Phi) is 2.02. The number of rotatable bonds is 2. The van der Waals surface area contributed by atoms with E-state index < -0.39 is 6.10 Å². The Morgan fingerprint density at radius 1 is 1.54 bits per heavy atom. The first-order valence-corrected chi connectivity index (χ1v) is 4.43. The number of pyridine rings is 1. The van der Waals surface area contributed by atoms with Gasteiger partial charge in [0.05, 0.1) is 18.0 Å². The first-order chi connectivity index (χ1) is 6.33. The standard InChI is InChI=1S/C10H12N2O/c1-2-9(13)8-7-11-10-5-3-4-6-12(8)10/h3-7,9,13H,2H2,1H3. The van der Waals surface area contributed by atoms with Crippen molar-refractivity contribution in [2.45, 2.75) is 19.4 Å². The Morgan fingerprint density at radius 2 is 2.38 bits per heavy atom. The molecule has 1 atom stereocenters. The lowest BCUT2D eigenvalue weighted by Crippen LogP contribution is -1.99. The Labute approximate surface area is 76.7 Å². The summed E-state index contributed by atoms with van der Waals surface area (Å²) in [7, 11) is 0. The van der Waals surface area contributed by atoms with Crippen molar-refractivity contribution in [2.24, 2.45) is 0 Å². The maximum absolute atomic E-state index is 9.66. The van der Waals surface area contributed by atoms with E-state index in [-0.39, 0.29) is 0 Å². The van der Waals surface area contributed by atoms with E-state index in [1.807, 2.05) is 35.7 Å². The molecule has 0 aliphatic rings. The lowest BCUT2D eigenvalue weighted by Gasteiger charge is -2.06. The van der Waals surface area contributed by atoms with Gasteiger partial charge in [0.1, 0.15) is 5.65 Å². The van der Waals surface area contributed by atoms with Crippen molar-refractivity contribution in [1.29, 1.82) is 0 Å². The number of aliphatic hydroxyl groups excluding tert-OH is 1. The first-order valence-electron chi connectivity index (χ1n) is 4.43. The third-order valence-electron chi connectivity index (χ3n) is 2.17. The highest BCUT2D eigenvalue weighted by Crippen LogP contribution is 2.17. The van der Waals surface area contributed by atoms with Crippen LogP contribution in [0, 0.1) is 0 Å². The van der Waals surface area contributed by atoms with Gasteiger partial charge in [-0.3, -0.25) is 0 Å². The van der Waals surface area contributed by atoms with E-state index in [9.17, 15) is 5.11 Å². The molecule has 2 aromatic heterocycles. The summed E-state index contributed by atoms with van der Waals surface area (Å²) in [6, 6.07) is 5.79. The summed E-state index contributed by atoms with van der Waals surface area (Å²) in [6.07, 6.45) is 3.93. The number of hydrogen-bond acceptors (Lipinski definition) is 2. The number of nitrogens with zero attached hydrogens (tertiary/aromatic N) is 2. The van der Waals surface area contributed by atoms with Gasteiger partial charge in [-0.1, -0.05) is 13.0 Å². The normalized spacial score (nSPS) is 13.4. The van der Waals surface area contributed by atoms with Crippen molar-refractivity contribution in [3.05, 3.63) is 36.3 Å². The molecule has 0 aliphatic heterocycles. The minimum Gasteiger partial charge on any atom is -0.387 e. The summed E-state index contributed by atoms with van der Waals surface area (Å²) in [5.41, 5.74) is 1.74. The molecule has 0 saturated carbocycles. The fourth-order valence-corrected chi connectivity index (χ4v) is 1.41. The van der Waals surface area contributed by atoms with E-state index in [4.69, 9.17) is 0 Å². The second-order valence-electron chi connectivity index (χ2n) is 3.04. The lowest BCUT2D eigenvalue weighted by atomic mass is 10.2. The number of fused-ring (bicyclic) bond motifs is 1. The highest BCUT2D eigenvalue weighted by molar-refractivity contribution is 5.40. The third kappa shape index (κ3) is 1.31. The van der Waals surface area contributed by atoms with Gasteiger partial charge in [0.25, 0.3) is 0 Å². The summed E-state index contributed by atoms with van der Waals surface area (Å²) >= 11 is 0. The van der Waals surface area contributed by atoms with Crippen LogP contribution in [0.1, 0.15) is 25.1 Å². The lowest BCUT2D eigenvalue weighted by molar-refractivity contribution is 0.168. The molecule has 2 rings (SSSR count). The summed E-state index contributed by atoms with van der Waals surface area (Å²) < 4.78 is 1.91. The van der Waals surface area contributed by atoms with Gasteiger partial charge in [-0.15, -0.1) is 0 Å². The molecule has 0 bridgehead atoms. The Bertz CT molecular complexity index is 408. The van der Waals surface area contributed by atoms with E-state index in [2.05, 4.69) is 4.98 Å². The predicted octanol–water partition coefficient (Wildman–Crippen LogP) is 1.78. The summed E-state index contributed by atoms with van der Waals surface area (Å²) in [5, 5.41) is 9.66. The van der Waals surface area contributed by atoms with Crippen molar-refractivity contribution in [2.75, 3.05) is 0 Å². The van der Waals surface area contributed by atoms with Gasteiger partial charge in [0.2, 0.25) is 0 Å². The van der Waals surface area contributed by atoms with Crippen LogP contribution in [0.5, 0.6) is 0 Å². The largest absolute Gasteiger partial charge is 0.387 e. The second kappa shape index (κ2) is 3.18. The minimum atomic E-state index is -0.419. The van der Waals surface area contributed by atoms with Crippen molar-refractivity contribution >= 4 is 5.65 Å². The zero-order valence-corrected chi connectivity index (χ0v) is 7.51. The van der Waals surface area contributed by atoms with E-state index >= 15 is 0 Å². The van der Waals surface area contributed by atoms with E-state index in [1.54, 1.807) is 6.20 Å². The van der Waals surface area contributed by atoms with E-state index in [1.165, 1.54) is 0 Å². The third-order valence-corrected chi connectivity index (χ3v) is 2.17. The van der Waals surface area contributed by atoms with Crippen molar-refractivity contribution in [3.63, 3.8) is 0 Å². The maximum Gasteiger partial charge on any atom is 0.136 e. The molecule has 1 unspecified atom stereocenters.